The first kappa shape index (κ1) is 13.0. The molecule has 2 nitrogen and oxygen atoms in total. The summed E-state index contributed by atoms with van der Waals surface area (Å²) in [6.45, 7) is 10.2. The molecule has 0 spiro atoms. The van der Waals surface area contributed by atoms with Gasteiger partial charge < -0.3 is 10.6 Å². The fourth-order valence-corrected chi connectivity index (χ4v) is 2.38. The first-order chi connectivity index (χ1) is 7.07. The minimum absolute atomic E-state index is 0.0127. The summed E-state index contributed by atoms with van der Waals surface area (Å²) in [6, 6.07) is 0. The number of hydrogen-bond donors (Lipinski definition) is 1. The molecule has 15 heavy (non-hydrogen) atoms. The molecule has 0 bridgehead atoms. The second-order valence-corrected chi connectivity index (χ2v) is 5.58. The average Bonchev–Trinajstić information content (AvgIpc) is 2.87. The summed E-state index contributed by atoms with van der Waals surface area (Å²) in [4.78, 5) is 2.58. The van der Waals surface area contributed by atoms with Crippen LogP contribution >= 0.6 is 0 Å². The Hall–Kier alpha value is -0.0800. The van der Waals surface area contributed by atoms with Crippen molar-refractivity contribution < 1.29 is 0 Å². The predicted octanol–water partition coefficient (Wildman–Crippen LogP) is 2.63. The van der Waals surface area contributed by atoms with Crippen LogP contribution in [0.15, 0.2) is 0 Å². The number of nitrogens with zero attached hydrogens (tertiary/aromatic N) is 1. The van der Waals surface area contributed by atoms with Crippen LogP contribution in [0, 0.1) is 5.92 Å². The Morgan fingerprint density at radius 1 is 1.27 bits per heavy atom. The maximum Gasteiger partial charge on any atom is 0.0254 e. The van der Waals surface area contributed by atoms with E-state index in [-0.39, 0.29) is 5.54 Å². The van der Waals surface area contributed by atoms with Gasteiger partial charge in [0.15, 0.2) is 0 Å². The highest BCUT2D eigenvalue weighted by atomic mass is 15.1. The fourth-order valence-electron chi connectivity index (χ4n) is 2.38. The van der Waals surface area contributed by atoms with E-state index in [1.807, 2.05) is 0 Å². The van der Waals surface area contributed by atoms with E-state index in [0.29, 0.717) is 0 Å². The van der Waals surface area contributed by atoms with Crippen molar-refractivity contribution in [3.8, 4) is 0 Å². The molecule has 0 amide bonds. The Morgan fingerprint density at radius 3 is 2.40 bits per heavy atom. The third-order valence-electron chi connectivity index (χ3n) is 3.16. The van der Waals surface area contributed by atoms with Crippen LogP contribution in [0.4, 0.5) is 0 Å². The van der Waals surface area contributed by atoms with E-state index in [4.69, 9.17) is 5.73 Å². The van der Waals surface area contributed by atoms with Crippen molar-refractivity contribution in [1.29, 1.82) is 0 Å². The molecule has 0 aromatic carbocycles. The lowest BCUT2D eigenvalue weighted by Gasteiger charge is -2.32. The molecule has 0 aliphatic heterocycles. The largest absolute Gasteiger partial charge is 0.324 e. The van der Waals surface area contributed by atoms with Crippen molar-refractivity contribution >= 4 is 0 Å². The van der Waals surface area contributed by atoms with Crippen LogP contribution < -0.4 is 5.73 Å². The van der Waals surface area contributed by atoms with E-state index in [1.54, 1.807) is 0 Å². The van der Waals surface area contributed by atoms with Crippen LogP contribution in [-0.2, 0) is 0 Å². The van der Waals surface area contributed by atoms with Crippen molar-refractivity contribution in [2.75, 3.05) is 19.6 Å². The van der Waals surface area contributed by atoms with Gasteiger partial charge >= 0.3 is 0 Å². The molecule has 0 aromatic rings. The molecular formula is C13H28N2. The molecule has 1 aliphatic carbocycles. The Morgan fingerprint density at radius 2 is 1.93 bits per heavy atom. The molecular weight excluding hydrogens is 184 g/mol. The van der Waals surface area contributed by atoms with Gasteiger partial charge in [0.25, 0.3) is 0 Å². The van der Waals surface area contributed by atoms with Crippen molar-refractivity contribution in [2.45, 2.75) is 58.4 Å². The lowest BCUT2D eigenvalue weighted by atomic mass is 9.96. The number of rotatable bonds is 8. The van der Waals surface area contributed by atoms with Crippen LogP contribution in [0.5, 0.6) is 0 Å². The third-order valence-corrected chi connectivity index (χ3v) is 3.16. The standard InChI is InChI=1S/C13H28N2/c1-4-8-13(3,14)11-15(9-5-2)10-12-6-7-12/h12H,4-11,14H2,1-3H3. The zero-order valence-electron chi connectivity index (χ0n) is 10.8. The lowest BCUT2D eigenvalue weighted by molar-refractivity contribution is 0.202. The second-order valence-electron chi connectivity index (χ2n) is 5.58. The third kappa shape index (κ3) is 5.53. The van der Waals surface area contributed by atoms with Gasteiger partial charge in [-0.3, -0.25) is 0 Å². The molecule has 1 rings (SSSR count). The molecule has 2 N–H and O–H groups in total. The van der Waals surface area contributed by atoms with Gasteiger partial charge in [-0.2, -0.15) is 0 Å². The van der Waals surface area contributed by atoms with Crippen molar-refractivity contribution in [3.05, 3.63) is 0 Å². The van der Waals surface area contributed by atoms with Gasteiger partial charge in [0, 0.05) is 18.6 Å². The van der Waals surface area contributed by atoms with E-state index in [0.717, 1.165) is 18.9 Å². The van der Waals surface area contributed by atoms with E-state index in [2.05, 4.69) is 25.7 Å². The van der Waals surface area contributed by atoms with Gasteiger partial charge in [-0.25, -0.2) is 0 Å². The fraction of sp³-hybridized carbons (Fsp3) is 1.00. The van der Waals surface area contributed by atoms with Crippen molar-refractivity contribution in [3.63, 3.8) is 0 Å². The van der Waals surface area contributed by atoms with E-state index < -0.39 is 0 Å². The molecule has 0 saturated heterocycles. The first-order valence-electron chi connectivity index (χ1n) is 6.58. The summed E-state index contributed by atoms with van der Waals surface area (Å²) in [5, 5.41) is 0. The molecule has 1 unspecified atom stereocenters. The first-order valence-corrected chi connectivity index (χ1v) is 6.58. The van der Waals surface area contributed by atoms with E-state index >= 15 is 0 Å². The Balaban J connectivity index is 2.33. The predicted molar refractivity (Wildman–Crippen MR) is 67.0 cm³/mol. The highest BCUT2D eigenvalue weighted by molar-refractivity contribution is 4.85. The highest BCUT2D eigenvalue weighted by Crippen LogP contribution is 2.30. The molecule has 1 aliphatic rings. The van der Waals surface area contributed by atoms with Gasteiger partial charge in [-0.15, -0.1) is 0 Å². The summed E-state index contributed by atoms with van der Waals surface area (Å²) in [6.07, 6.45) is 6.45. The van der Waals surface area contributed by atoms with Crippen LogP contribution in [-0.4, -0.2) is 30.1 Å². The van der Waals surface area contributed by atoms with Crippen molar-refractivity contribution in [2.24, 2.45) is 11.7 Å². The van der Waals surface area contributed by atoms with Gasteiger partial charge in [0.1, 0.15) is 0 Å². The minimum atomic E-state index is 0.0127. The van der Waals surface area contributed by atoms with Gasteiger partial charge in [0.2, 0.25) is 0 Å². The topological polar surface area (TPSA) is 29.3 Å². The monoisotopic (exact) mass is 212 g/mol. The molecule has 0 aromatic heterocycles. The maximum absolute atomic E-state index is 6.31. The van der Waals surface area contributed by atoms with Crippen LogP contribution in [0.2, 0.25) is 0 Å². The van der Waals surface area contributed by atoms with Gasteiger partial charge in [-0.1, -0.05) is 20.3 Å². The second kappa shape index (κ2) is 5.86. The van der Waals surface area contributed by atoms with Crippen LogP contribution in [0.3, 0.4) is 0 Å². The summed E-state index contributed by atoms with van der Waals surface area (Å²) in [5.74, 6) is 0.981. The quantitative estimate of drug-likeness (QED) is 0.670. The number of hydrogen-bond acceptors (Lipinski definition) is 2. The normalized spacial score (nSPS) is 20.6. The lowest BCUT2D eigenvalue weighted by Crippen LogP contribution is -2.48. The summed E-state index contributed by atoms with van der Waals surface area (Å²) in [5.41, 5.74) is 6.33. The molecule has 90 valence electrons. The highest BCUT2D eigenvalue weighted by Gasteiger charge is 2.27. The molecule has 1 fully saturated rings. The van der Waals surface area contributed by atoms with E-state index in [1.165, 1.54) is 38.8 Å². The Bertz CT molecular complexity index is 173. The molecule has 0 heterocycles. The smallest absolute Gasteiger partial charge is 0.0254 e. The SMILES string of the molecule is CCCN(CC1CC1)CC(C)(N)CCC. The number of nitrogens with two attached hydrogens (primary N) is 1. The van der Waals surface area contributed by atoms with Gasteiger partial charge in [-0.05, 0) is 45.1 Å². The summed E-state index contributed by atoms with van der Waals surface area (Å²) >= 11 is 0. The molecule has 2 heteroatoms. The molecule has 1 saturated carbocycles. The van der Waals surface area contributed by atoms with Gasteiger partial charge in [0.05, 0.1) is 0 Å². The van der Waals surface area contributed by atoms with Crippen LogP contribution in [0.1, 0.15) is 52.9 Å². The minimum Gasteiger partial charge on any atom is -0.324 e. The summed E-state index contributed by atoms with van der Waals surface area (Å²) < 4.78 is 0. The average molecular weight is 212 g/mol. The molecule has 1 atom stereocenters. The van der Waals surface area contributed by atoms with Crippen molar-refractivity contribution in [1.82, 2.24) is 4.90 Å². The Kier molecular flexibility index (Phi) is 5.07. The summed E-state index contributed by atoms with van der Waals surface area (Å²) in [7, 11) is 0. The van der Waals surface area contributed by atoms with E-state index in [9.17, 15) is 0 Å². The zero-order chi connectivity index (χ0) is 11.3. The Labute approximate surface area is 95.2 Å². The maximum atomic E-state index is 6.31. The zero-order valence-corrected chi connectivity index (χ0v) is 10.8. The van der Waals surface area contributed by atoms with Crippen LogP contribution in [0.25, 0.3) is 0 Å². The molecule has 0 radical (unpaired) electrons.